The number of carbonyl (C=O) groups excluding carboxylic acids is 1. The zero-order chi connectivity index (χ0) is 18.5. The molecule has 1 aliphatic heterocycles. The van der Waals surface area contributed by atoms with Crippen molar-refractivity contribution in [1.82, 2.24) is 28.9 Å². The second-order valence-electron chi connectivity index (χ2n) is 7.74. The van der Waals surface area contributed by atoms with E-state index in [9.17, 15) is 9.90 Å². The smallest absolute Gasteiger partial charge is 0.259 e. The lowest BCUT2D eigenvalue weighted by atomic mass is 9.80. The number of amides is 1. The highest BCUT2D eigenvalue weighted by Crippen LogP contribution is 2.37. The van der Waals surface area contributed by atoms with Crippen LogP contribution in [0.15, 0.2) is 24.7 Å². The van der Waals surface area contributed by atoms with Gasteiger partial charge in [0.05, 0.1) is 24.1 Å². The van der Waals surface area contributed by atoms with Gasteiger partial charge < -0.3 is 14.6 Å². The van der Waals surface area contributed by atoms with E-state index in [0.29, 0.717) is 24.6 Å². The fraction of sp³-hybridized carbons (Fsp3) is 0.526. The van der Waals surface area contributed by atoms with E-state index in [4.69, 9.17) is 0 Å². The second-order valence-corrected chi connectivity index (χ2v) is 7.74. The summed E-state index contributed by atoms with van der Waals surface area (Å²) in [7, 11) is 1.92. The first-order valence-electron chi connectivity index (χ1n) is 9.64. The molecule has 27 heavy (non-hydrogen) atoms. The van der Waals surface area contributed by atoms with Gasteiger partial charge in [0.1, 0.15) is 17.3 Å². The number of rotatable bonds is 3. The number of nitrogens with zero attached hydrogens (tertiary/aromatic N) is 6. The Labute approximate surface area is 157 Å². The normalized spacial score (nSPS) is 19.0. The maximum atomic E-state index is 13.2. The van der Waals surface area contributed by atoms with E-state index in [2.05, 4.69) is 10.2 Å². The third kappa shape index (κ3) is 2.66. The Hall–Kier alpha value is -2.61. The van der Waals surface area contributed by atoms with E-state index in [1.165, 1.54) is 6.42 Å². The molecule has 0 aromatic carbocycles. The summed E-state index contributed by atoms with van der Waals surface area (Å²) in [5.74, 6) is 0.322. The molecule has 3 aromatic rings. The molecular weight excluding hydrogens is 344 g/mol. The van der Waals surface area contributed by atoms with Crippen molar-refractivity contribution in [1.29, 1.82) is 0 Å². The molecule has 1 fully saturated rings. The Balaban J connectivity index is 1.41. The van der Waals surface area contributed by atoms with Crippen molar-refractivity contribution in [2.45, 2.75) is 44.9 Å². The lowest BCUT2D eigenvalue weighted by molar-refractivity contribution is 0.0580. The van der Waals surface area contributed by atoms with E-state index < -0.39 is 6.10 Å². The third-order valence-electron chi connectivity index (χ3n) is 5.98. The van der Waals surface area contributed by atoms with Gasteiger partial charge in [-0.2, -0.15) is 10.2 Å². The van der Waals surface area contributed by atoms with Gasteiger partial charge in [0.25, 0.3) is 5.91 Å². The molecule has 1 saturated carbocycles. The molecule has 1 aliphatic carbocycles. The van der Waals surface area contributed by atoms with Crippen LogP contribution in [0.5, 0.6) is 0 Å². The van der Waals surface area contributed by atoms with Crippen molar-refractivity contribution < 1.29 is 9.90 Å². The van der Waals surface area contributed by atoms with Crippen LogP contribution in [0.2, 0.25) is 0 Å². The van der Waals surface area contributed by atoms with Crippen LogP contribution in [0, 0.1) is 5.92 Å². The lowest BCUT2D eigenvalue weighted by Gasteiger charge is -2.29. The molecule has 0 spiro atoms. The van der Waals surface area contributed by atoms with Crippen molar-refractivity contribution in [3.05, 3.63) is 41.6 Å². The van der Waals surface area contributed by atoms with Crippen molar-refractivity contribution in [2.24, 2.45) is 13.0 Å². The first-order valence-corrected chi connectivity index (χ1v) is 9.64. The molecule has 0 saturated heterocycles. The van der Waals surface area contributed by atoms with Crippen LogP contribution < -0.4 is 0 Å². The van der Waals surface area contributed by atoms with Crippen LogP contribution in [0.4, 0.5) is 0 Å². The van der Waals surface area contributed by atoms with Gasteiger partial charge in [-0.3, -0.25) is 9.48 Å². The minimum Gasteiger partial charge on any atom is -0.386 e. The van der Waals surface area contributed by atoms with Crippen molar-refractivity contribution in [3.8, 4) is 0 Å². The van der Waals surface area contributed by atoms with Crippen LogP contribution in [-0.4, -0.2) is 46.4 Å². The van der Waals surface area contributed by atoms with Crippen LogP contribution in [0.1, 0.15) is 53.5 Å². The number of aryl methyl sites for hydroxylation is 2. The Morgan fingerprint density at radius 1 is 1.26 bits per heavy atom. The number of aromatic nitrogens is 5. The zero-order valence-corrected chi connectivity index (χ0v) is 15.5. The Morgan fingerprint density at radius 3 is 2.89 bits per heavy atom. The van der Waals surface area contributed by atoms with E-state index in [1.54, 1.807) is 10.7 Å². The number of imidazole rings is 1. The van der Waals surface area contributed by atoms with Crippen LogP contribution in [0.25, 0.3) is 5.65 Å². The van der Waals surface area contributed by atoms with Crippen LogP contribution in [0.3, 0.4) is 0 Å². The van der Waals surface area contributed by atoms with Crippen molar-refractivity contribution >= 4 is 11.6 Å². The molecule has 3 aromatic heterocycles. The van der Waals surface area contributed by atoms with Crippen LogP contribution in [-0.2, 0) is 20.1 Å². The van der Waals surface area contributed by atoms with E-state index >= 15 is 0 Å². The molecule has 5 rings (SSSR count). The molecule has 4 heterocycles. The van der Waals surface area contributed by atoms with E-state index in [1.807, 2.05) is 39.7 Å². The molecular formula is C19H24N6O2. The molecule has 0 bridgehead atoms. The van der Waals surface area contributed by atoms with Gasteiger partial charge in [0.15, 0.2) is 0 Å². The summed E-state index contributed by atoms with van der Waals surface area (Å²) in [6.07, 6.45) is 9.08. The topological polar surface area (TPSA) is 80.6 Å². The fourth-order valence-corrected chi connectivity index (χ4v) is 4.17. The highest BCUT2D eigenvalue weighted by Gasteiger charge is 2.30. The summed E-state index contributed by atoms with van der Waals surface area (Å²) in [5, 5.41) is 19.5. The fourth-order valence-electron chi connectivity index (χ4n) is 4.17. The van der Waals surface area contributed by atoms with Gasteiger partial charge >= 0.3 is 0 Å². The first kappa shape index (κ1) is 16.6. The summed E-state index contributed by atoms with van der Waals surface area (Å²) < 4.78 is 5.60. The average Bonchev–Trinajstić information content (AvgIpc) is 3.26. The third-order valence-corrected chi connectivity index (χ3v) is 5.98. The minimum atomic E-state index is -0.485. The number of aliphatic hydroxyl groups is 1. The van der Waals surface area contributed by atoms with Gasteiger partial charge in [0, 0.05) is 32.5 Å². The maximum Gasteiger partial charge on any atom is 0.259 e. The van der Waals surface area contributed by atoms with E-state index in [-0.39, 0.29) is 5.91 Å². The number of hydrogen-bond donors (Lipinski definition) is 1. The summed E-state index contributed by atoms with van der Waals surface area (Å²) in [4.78, 5) is 15.0. The number of hydrogen-bond acceptors (Lipinski definition) is 4. The minimum absolute atomic E-state index is 0.0115. The molecule has 142 valence electrons. The van der Waals surface area contributed by atoms with E-state index in [0.717, 1.165) is 42.8 Å². The Kier molecular flexibility index (Phi) is 3.82. The summed E-state index contributed by atoms with van der Waals surface area (Å²) in [6, 6.07) is 1.98. The molecule has 1 amide bonds. The molecule has 1 unspecified atom stereocenters. The highest BCUT2D eigenvalue weighted by atomic mass is 16.3. The molecule has 1 atom stereocenters. The maximum absolute atomic E-state index is 13.2. The largest absolute Gasteiger partial charge is 0.386 e. The summed E-state index contributed by atoms with van der Waals surface area (Å²) in [6.45, 7) is 1.96. The second kappa shape index (κ2) is 6.23. The number of carbonyl (C=O) groups is 1. The Morgan fingerprint density at radius 2 is 2.11 bits per heavy atom. The molecule has 2 aliphatic rings. The molecule has 0 radical (unpaired) electrons. The van der Waals surface area contributed by atoms with Crippen LogP contribution >= 0.6 is 0 Å². The lowest BCUT2D eigenvalue weighted by Crippen LogP contribution is -2.30. The first-order chi connectivity index (χ1) is 13.1. The number of aliphatic hydroxyl groups excluding tert-OH is 1. The highest BCUT2D eigenvalue weighted by molar-refractivity contribution is 5.99. The predicted molar refractivity (Wildman–Crippen MR) is 98.0 cm³/mol. The quantitative estimate of drug-likeness (QED) is 0.764. The molecule has 8 nitrogen and oxygen atoms in total. The average molecular weight is 368 g/mol. The number of fused-ring (bicyclic) bond motifs is 2. The van der Waals surface area contributed by atoms with Gasteiger partial charge in [-0.25, -0.2) is 4.52 Å². The van der Waals surface area contributed by atoms with Gasteiger partial charge in [-0.05, 0) is 31.2 Å². The monoisotopic (exact) mass is 368 g/mol. The standard InChI is InChI=1S/C19H24N6O2/c1-22-8-9-25-18(22)15(11-20-25)19(27)23-6-3-7-24-14(12-23)10-16(21-24)17(26)13-4-2-5-13/h8-11,13,17,26H,2-7,12H2,1H3. The van der Waals surface area contributed by atoms with Gasteiger partial charge in [-0.15, -0.1) is 0 Å². The Bertz CT molecular complexity index is 995. The predicted octanol–water partition coefficient (Wildman–Crippen LogP) is 1.75. The zero-order valence-electron chi connectivity index (χ0n) is 15.5. The van der Waals surface area contributed by atoms with Gasteiger partial charge in [0.2, 0.25) is 0 Å². The van der Waals surface area contributed by atoms with Crippen molar-refractivity contribution in [3.63, 3.8) is 0 Å². The summed E-state index contributed by atoms with van der Waals surface area (Å²) in [5.41, 5.74) is 3.16. The SMILES string of the molecule is Cn1ccn2ncc(C(=O)N3CCCn4nc(C(O)C5CCC5)cc4C3)c12. The molecule has 1 N–H and O–H groups in total. The summed E-state index contributed by atoms with van der Waals surface area (Å²) >= 11 is 0. The van der Waals surface area contributed by atoms with Crippen molar-refractivity contribution in [2.75, 3.05) is 6.54 Å². The molecule has 8 heteroatoms. The van der Waals surface area contributed by atoms with Gasteiger partial charge in [-0.1, -0.05) is 6.42 Å².